The number of nitrogens with one attached hydrogen (secondary N) is 2. The summed E-state index contributed by atoms with van der Waals surface area (Å²) >= 11 is 6.46. The highest BCUT2D eigenvalue weighted by Crippen LogP contribution is 2.39. The zero-order valence-corrected chi connectivity index (χ0v) is 25.5. The summed E-state index contributed by atoms with van der Waals surface area (Å²) in [4.78, 5) is 14.2. The third kappa shape index (κ3) is 6.91. The minimum Gasteiger partial charge on any atom is -0.489 e. The van der Waals surface area contributed by atoms with E-state index in [0.29, 0.717) is 28.5 Å². The second kappa shape index (κ2) is 12.4. The Bertz CT molecular complexity index is 1370. The lowest BCUT2D eigenvalue weighted by molar-refractivity contribution is 0.208. The van der Waals surface area contributed by atoms with Gasteiger partial charge in [-0.05, 0) is 90.2 Å². The van der Waals surface area contributed by atoms with Gasteiger partial charge in [0, 0.05) is 36.2 Å². The minimum atomic E-state index is -2.51. The number of benzene rings is 2. The van der Waals surface area contributed by atoms with Crippen molar-refractivity contribution in [3.05, 3.63) is 53.7 Å². The van der Waals surface area contributed by atoms with Crippen LogP contribution < -0.4 is 25.6 Å². The molecule has 3 heterocycles. The van der Waals surface area contributed by atoms with Crippen molar-refractivity contribution < 1.29 is 9.30 Å². The number of nitrogens with zero attached hydrogens (tertiary/aromatic N) is 4. The van der Waals surface area contributed by atoms with Crippen molar-refractivity contribution in [3.63, 3.8) is 0 Å². The Kier molecular flexibility index (Phi) is 8.89. The van der Waals surface area contributed by atoms with Crippen LogP contribution >= 0.6 is 18.7 Å². The van der Waals surface area contributed by atoms with E-state index in [0.717, 1.165) is 29.8 Å². The topological polar surface area (TPSA) is 82.6 Å². The smallest absolute Gasteiger partial charge is 0.229 e. The SMILES string of the molecule is CC(C)Oc1cc(N2CCC(N3CCCC3)CC2)ccc1Nc1ncc(Cl)c(Nc2ccccc2P(C)(C)=O)n1. The van der Waals surface area contributed by atoms with E-state index in [1.165, 1.54) is 44.5 Å². The number of halogens is 1. The predicted molar refractivity (Wildman–Crippen MR) is 167 cm³/mol. The lowest BCUT2D eigenvalue weighted by Crippen LogP contribution is -2.43. The molecule has 2 fully saturated rings. The maximum absolute atomic E-state index is 12.8. The second-order valence-electron chi connectivity index (χ2n) is 11.3. The average Bonchev–Trinajstić information content (AvgIpc) is 3.46. The highest BCUT2D eigenvalue weighted by atomic mass is 35.5. The van der Waals surface area contributed by atoms with E-state index < -0.39 is 7.14 Å². The molecule has 5 rings (SSSR count). The van der Waals surface area contributed by atoms with Gasteiger partial charge in [0.2, 0.25) is 5.95 Å². The molecule has 40 heavy (non-hydrogen) atoms. The maximum atomic E-state index is 12.8. The fourth-order valence-corrected chi connectivity index (χ4v) is 6.86. The first-order valence-corrected chi connectivity index (χ1v) is 17.2. The van der Waals surface area contributed by atoms with Gasteiger partial charge in [-0.15, -0.1) is 0 Å². The number of aromatic nitrogens is 2. The Morgan fingerprint density at radius 1 is 1.00 bits per heavy atom. The van der Waals surface area contributed by atoms with Crippen molar-refractivity contribution in [2.24, 2.45) is 0 Å². The quantitative estimate of drug-likeness (QED) is 0.269. The van der Waals surface area contributed by atoms with Crippen LogP contribution in [0, 0.1) is 0 Å². The van der Waals surface area contributed by atoms with Crippen molar-refractivity contribution in [3.8, 4) is 5.75 Å². The average molecular weight is 583 g/mol. The van der Waals surface area contributed by atoms with Crippen LogP contribution in [0.3, 0.4) is 0 Å². The van der Waals surface area contributed by atoms with Crippen molar-refractivity contribution in [2.75, 3.05) is 55.0 Å². The van der Waals surface area contributed by atoms with Crippen LogP contribution in [0.4, 0.5) is 28.8 Å². The first-order chi connectivity index (χ1) is 19.2. The summed E-state index contributed by atoms with van der Waals surface area (Å²) in [7, 11) is -2.51. The fraction of sp³-hybridized carbons (Fsp3) is 0.467. The Morgan fingerprint density at radius 2 is 1.73 bits per heavy atom. The lowest BCUT2D eigenvalue weighted by Gasteiger charge is -2.38. The Labute approximate surface area is 242 Å². The number of rotatable bonds is 9. The molecule has 2 aliphatic rings. The van der Waals surface area contributed by atoms with E-state index >= 15 is 0 Å². The van der Waals surface area contributed by atoms with E-state index in [9.17, 15) is 4.57 Å². The predicted octanol–water partition coefficient (Wildman–Crippen LogP) is 6.72. The highest BCUT2D eigenvalue weighted by molar-refractivity contribution is 7.70. The normalized spacial score (nSPS) is 16.9. The third-order valence-electron chi connectivity index (χ3n) is 7.54. The zero-order valence-electron chi connectivity index (χ0n) is 23.9. The van der Waals surface area contributed by atoms with Crippen molar-refractivity contribution in [2.45, 2.75) is 51.7 Å². The molecule has 2 saturated heterocycles. The van der Waals surface area contributed by atoms with Gasteiger partial charge in [0.1, 0.15) is 17.9 Å². The molecule has 2 N–H and O–H groups in total. The molecular formula is C30H40ClN6O2P. The molecule has 2 aromatic carbocycles. The number of piperidine rings is 1. The number of para-hydroxylation sites is 1. The lowest BCUT2D eigenvalue weighted by atomic mass is 10.0. The molecule has 0 aliphatic carbocycles. The summed E-state index contributed by atoms with van der Waals surface area (Å²) in [6.07, 6.45) is 6.64. The molecule has 2 aliphatic heterocycles. The molecule has 3 aromatic rings. The maximum Gasteiger partial charge on any atom is 0.229 e. The molecule has 0 atom stereocenters. The number of ether oxygens (including phenoxy) is 1. The molecule has 0 bridgehead atoms. The molecule has 0 spiro atoms. The van der Waals surface area contributed by atoms with Gasteiger partial charge in [-0.25, -0.2) is 4.98 Å². The Balaban J connectivity index is 1.34. The van der Waals surface area contributed by atoms with Crippen molar-refractivity contribution in [1.82, 2.24) is 14.9 Å². The summed E-state index contributed by atoms with van der Waals surface area (Å²) in [6, 6.07) is 14.5. The summed E-state index contributed by atoms with van der Waals surface area (Å²) < 4.78 is 19.1. The fourth-order valence-electron chi connectivity index (χ4n) is 5.57. The summed E-state index contributed by atoms with van der Waals surface area (Å²) in [5.74, 6) is 1.57. The molecule has 10 heteroatoms. The number of likely N-dealkylation sites (tertiary alicyclic amines) is 1. The minimum absolute atomic E-state index is 0.00958. The van der Waals surface area contributed by atoms with Crippen LogP contribution in [0.2, 0.25) is 5.02 Å². The monoisotopic (exact) mass is 582 g/mol. The zero-order chi connectivity index (χ0) is 28.3. The van der Waals surface area contributed by atoms with Gasteiger partial charge in [-0.1, -0.05) is 23.7 Å². The van der Waals surface area contributed by atoms with Crippen molar-refractivity contribution in [1.29, 1.82) is 0 Å². The third-order valence-corrected chi connectivity index (χ3v) is 9.37. The van der Waals surface area contributed by atoms with Crippen LogP contribution in [0.25, 0.3) is 0 Å². The molecule has 0 saturated carbocycles. The molecule has 0 amide bonds. The largest absolute Gasteiger partial charge is 0.489 e. The molecule has 0 unspecified atom stereocenters. The van der Waals surface area contributed by atoms with Crippen LogP contribution in [0.15, 0.2) is 48.7 Å². The van der Waals surface area contributed by atoms with E-state index in [2.05, 4.69) is 42.5 Å². The standard InChI is InChI=1S/C30H40ClN6O2P/c1-21(2)39-27-19-23(37-17-13-22(14-18-37)36-15-7-8-16-36)11-12-25(27)34-30-32-20-24(31)29(35-30)33-26-9-5-6-10-28(26)40(3,4)38/h5-6,9-12,19-22H,7-8,13-18H2,1-4H3,(H2,32,33,34,35). The van der Waals surface area contributed by atoms with E-state index in [1.54, 1.807) is 19.5 Å². The molecular weight excluding hydrogens is 543 g/mol. The van der Waals surface area contributed by atoms with Gasteiger partial charge in [0.25, 0.3) is 0 Å². The van der Waals surface area contributed by atoms with E-state index in [4.69, 9.17) is 16.3 Å². The molecule has 214 valence electrons. The van der Waals surface area contributed by atoms with Crippen LogP contribution in [-0.4, -0.2) is 66.5 Å². The number of anilines is 5. The van der Waals surface area contributed by atoms with E-state index in [-0.39, 0.29) is 6.10 Å². The molecule has 8 nitrogen and oxygen atoms in total. The van der Waals surface area contributed by atoms with Gasteiger partial charge in [-0.2, -0.15) is 4.98 Å². The van der Waals surface area contributed by atoms with Gasteiger partial charge >= 0.3 is 0 Å². The Hall–Kier alpha value is -2.80. The van der Waals surface area contributed by atoms with Gasteiger partial charge < -0.3 is 29.7 Å². The van der Waals surface area contributed by atoms with Crippen molar-refractivity contribution >= 4 is 52.9 Å². The van der Waals surface area contributed by atoms with Gasteiger partial charge in [0.15, 0.2) is 5.82 Å². The van der Waals surface area contributed by atoms with Gasteiger partial charge in [0.05, 0.1) is 23.7 Å². The first kappa shape index (κ1) is 28.7. The van der Waals surface area contributed by atoms with Crippen LogP contribution in [0.1, 0.15) is 39.5 Å². The summed E-state index contributed by atoms with van der Waals surface area (Å²) in [5.41, 5.74) is 2.66. The highest BCUT2D eigenvalue weighted by Gasteiger charge is 2.27. The second-order valence-corrected chi connectivity index (χ2v) is 14.9. The molecule has 0 radical (unpaired) electrons. The van der Waals surface area contributed by atoms with Gasteiger partial charge in [-0.3, -0.25) is 0 Å². The number of hydrogen-bond donors (Lipinski definition) is 2. The Morgan fingerprint density at radius 3 is 2.42 bits per heavy atom. The molecule has 1 aromatic heterocycles. The summed E-state index contributed by atoms with van der Waals surface area (Å²) in [6.45, 7) is 12.2. The van der Waals surface area contributed by atoms with Crippen LogP contribution in [-0.2, 0) is 4.57 Å². The number of hydrogen-bond acceptors (Lipinski definition) is 8. The summed E-state index contributed by atoms with van der Waals surface area (Å²) in [5, 5.41) is 7.70. The van der Waals surface area contributed by atoms with E-state index in [1.807, 2.05) is 44.2 Å². The van der Waals surface area contributed by atoms with Crippen LogP contribution in [0.5, 0.6) is 5.75 Å². The first-order valence-electron chi connectivity index (χ1n) is 14.2.